The standard InChI is InChI=1S/C10H12O4/c1-7(10(12)13-2)14-9-5-3-4-8(11)6-9/h3-7,11H,1-2H3/t7-/m1/s1. The molecule has 0 fully saturated rings. The molecular formula is C10H12O4. The fourth-order valence-corrected chi connectivity index (χ4v) is 0.975. The molecule has 76 valence electrons. The van der Waals surface area contributed by atoms with Crippen molar-refractivity contribution in [3.63, 3.8) is 0 Å². The number of ether oxygens (including phenoxy) is 2. The van der Waals surface area contributed by atoms with Crippen LogP contribution in [0, 0.1) is 0 Å². The van der Waals surface area contributed by atoms with Gasteiger partial charge < -0.3 is 14.6 Å². The van der Waals surface area contributed by atoms with E-state index in [1.807, 2.05) is 0 Å². The van der Waals surface area contributed by atoms with Gasteiger partial charge in [0.05, 0.1) is 7.11 Å². The highest BCUT2D eigenvalue weighted by Gasteiger charge is 2.14. The number of carbonyl (C=O) groups is 1. The molecule has 0 unspecified atom stereocenters. The first-order valence-electron chi connectivity index (χ1n) is 4.17. The van der Waals surface area contributed by atoms with E-state index < -0.39 is 12.1 Å². The average molecular weight is 196 g/mol. The van der Waals surface area contributed by atoms with Gasteiger partial charge in [0.15, 0.2) is 6.10 Å². The van der Waals surface area contributed by atoms with Gasteiger partial charge >= 0.3 is 5.97 Å². The van der Waals surface area contributed by atoms with Gasteiger partial charge in [0.25, 0.3) is 0 Å². The zero-order chi connectivity index (χ0) is 10.6. The first kappa shape index (κ1) is 10.4. The fraction of sp³-hybridized carbons (Fsp3) is 0.300. The van der Waals surface area contributed by atoms with Crippen molar-refractivity contribution >= 4 is 5.97 Å². The minimum Gasteiger partial charge on any atom is -0.508 e. The van der Waals surface area contributed by atoms with Crippen molar-refractivity contribution in [3.8, 4) is 11.5 Å². The normalized spacial score (nSPS) is 11.9. The van der Waals surface area contributed by atoms with E-state index in [-0.39, 0.29) is 5.75 Å². The second kappa shape index (κ2) is 4.50. The van der Waals surface area contributed by atoms with Crippen LogP contribution in [0.1, 0.15) is 6.92 Å². The Morgan fingerprint density at radius 2 is 2.21 bits per heavy atom. The molecule has 14 heavy (non-hydrogen) atoms. The molecule has 0 aliphatic carbocycles. The number of phenolic OH excluding ortho intramolecular Hbond substituents is 1. The van der Waals surface area contributed by atoms with Crippen molar-refractivity contribution in [3.05, 3.63) is 24.3 Å². The molecule has 0 spiro atoms. The Morgan fingerprint density at radius 3 is 2.79 bits per heavy atom. The lowest BCUT2D eigenvalue weighted by Crippen LogP contribution is -2.24. The summed E-state index contributed by atoms with van der Waals surface area (Å²) < 4.78 is 9.70. The van der Waals surface area contributed by atoms with Crippen LogP contribution in [-0.4, -0.2) is 24.3 Å². The van der Waals surface area contributed by atoms with Crippen molar-refractivity contribution in [1.82, 2.24) is 0 Å². The molecule has 0 amide bonds. The number of hydrogen-bond acceptors (Lipinski definition) is 4. The first-order valence-corrected chi connectivity index (χ1v) is 4.17. The number of phenols is 1. The largest absolute Gasteiger partial charge is 0.508 e. The first-order chi connectivity index (χ1) is 6.63. The van der Waals surface area contributed by atoms with Crippen molar-refractivity contribution in [2.24, 2.45) is 0 Å². The van der Waals surface area contributed by atoms with Crippen LogP contribution >= 0.6 is 0 Å². The third-order valence-corrected chi connectivity index (χ3v) is 1.66. The Kier molecular flexibility index (Phi) is 3.34. The summed E-state index contributed by atoms with van der Waals surface area (Å²) in [5.74, 6) is 0.0795. The lowest BCUT2D eigenvalue weighted by atomic mass is 10.3. The number of rotatable bonds is 3. The molecule has 0 aliphatic rings. The maximum atomic E-state index is 11.0. The second-order valence-corrected chi connectivity index (χ2v) is 2.78. The SMILES string of the molecule is COC(=O)[C@@H](C)Oc1cccc(O)c1. The molecule has 4 nitrogen and oxygen atoms in total. The quantitative estimate of drug-likeness (QED) is 0.741. The molecule has 1 atom stereocenters. The summed E-state index contributed by atoms with van der Waals surface area (Å²) in [5.41, 5.74) is 0. The maximum Gasteiger partial charge on any atom is 0.346 e. The Balaban J connectivity index is 2.64. The van der Waals surface area contributed by atoms with Gasteiger partial charge in [0.2, 0.25) is 0 Å². The molecule has 0 aliphatic heterocycles. The minimum absolute atomic E-state index is 0.0968. The molecule has 0 bridgehead atoms. The molecule has 1 aromatic rings. The topological polar surface area (TPSA) is 55.8 Å². The maximum absolute atomic E-state index is 11.0. The van der Waals surface area contributed by atoms with Gasteiger partial charge in [0.1, 0.15) is 11.5 Å². The lowest BCUT2D eigenvalue weighted by Gasteiger charge is -2.12. The summed E-state index contributed by atoms with van der Waals surface area (Å²) in [7, 11) is 1.30. The van der Waals surface area contributed by atoms with Crippen LogP contribution in [0.15, 0.2) is 24.3 Å². The summed E-state index contributed by atoms with van der Waals surface area (Å²) in [6.07, 6.45) is -0.679. The number of methoxy groups -OCH3 is 1. The van der Waals surface area contributed by atoms with Crippen molar-refractivity contribution in [2.45, 2.75) is 13.0 Å². The molecule has 0 aromatic heterocycles. The molecule has 1 N–H and O–H groups in total. The number of hydrogen-bond donors (Lipinski definition) is 1. The van der Waals surface area contributed by atoms with Crippen LogP contribution in [0.4, 0.5) is 0 Å². The van der Waals surface area contributed by atoms with E-state index in [9.17, 15) is 4.79 Å². The zero-order valence-corrected chi connectivity index (χ0v) is 8.06. The highest BCUT2D eigenvalue weighted by Crippen LogP contribution is 2.18. The molecule has 1 rings (SSSR count). The van der Waals surface area contributed by atoms with Crippen molar-refractivity contribution < 1.29 is 19.4 Å². The number of aromatic hydroxyl groups is 1. The monoisotopic (exact) mass is 196 g/mol. The number of esters is 1. The molecular weight excluding hydrogens is 184 g/mol. The summed E-state index contributed by atoms with van der Waals surface area (Å²) in [5, 5.41) is 9.13. The van der Waals surface area contributed by atoms with Gasteiger partial charge in [-0.15, -0.1) is 0 Å². The molecule has 0 saturated carbocycles. The summed E-state index contributed by atoms with van der Waals surface area (Å²) in [4.78, 5) is 11.0. The van der Waals surface area contributed by atoms with E-state index in [0.717, 1.165) is 0 Å². The fourth-order valence-electron chi connectivity index (χ4n) is 0.975. The van der Waals surface area contributed by atoms with Crippen LogP contribution in [0.2, 0.25) is 0 Å². The van der Waals surface area contributed by atoms with Crippen LogP contribution in [0.3, 0.4) is 0 Å². The minimum atomic E-state index is -0.679. The van der Waals surface area contributed by atoms with E-state index in [1.54, 1.807) is 19.1 Å². The molecule has 0 saturated heterocycles. The Hall–Kier alpha value is -1.71. The predicted molar refractivity (Wildman–Crippen MR) is 50.2 cm³/mol. The van der Waals surface area contributed by atoms with Gasteiger partial charge in [-0.1, -0.05) is 6.07 Å². The van der Waals surface area contributed by atoms with Crippen LogP contribution in [-0.2, 0) is 9.53 Å². The lowest BCUT2D eigenvalue weighted by molar-refractivity contribution is -0.147. The molecule has 0 radical (unpaired) electrons. The molecule has 4 heteroatoms. The van der Waals surface area contributed by atoms with Gasteiger partial charge in [-0.2, -0.15) is 0 Å². The Labute approximate surface area is 82.1 Å². The molecule has 0 heterocycles. The van der Waals surface area contributed by atoms with Gasteiger partial charge in [-0.25, -0.2) is 4.79 Å². The van der Waals surface area contributed by atoms with Crippen molar-refractivity contribution in [2.75, 3.05) is 7.11 Å². The number of carbonyl (C=O) groups excluding carboxylic acids is 1. The summed E-state index contributed by atoms with van der Waals surface area (Å²) in [6.45, 7) is 1.58. The van der Waals surface area contributed by atoms with Crippen molar-refractivity contribution in [1.29, 1.82) is 0 Å². The van der Waals surface area contributed by atoms with Crippen LogP contribution in [0.25, 0.3) is 0 Å². The summed E-state index contributed by atoms with van der Waals surface area (Å²) in [6, 6.07) is 6.24. The highest BCUT2D eigenvalue weighted by molar-refractivity contribution is 5.74. The predicted octanol–water partition coefficient (Wildman–Crippen LogP) is 1.33. The Bertz CT molecular complexity index is 322. The third kappa shape index (κ3) is 2.65. The zero-order valence-electron chi connectivity index (χ0n) is 8.06. The second-order valence-electron chi connectivity index (χ2n) is 2.78. The van der Waals surface area contributed by atoms with Gasteiger partial charge in [0, 0.05) is 6.07 Å². The number of benzene rings is 1. The van der Waals surface area contributed by atoms with E-state index in [4.69, 9.17) is 9.84 Å². The highest BCUT2D eigenvalue weighted by atomic mass is 16.6. The smallest absolute Gasteiger partial charge is 0.346 e. The van der Waals surface area contributed by atoms with E-state index in [2.05, 4.69) is 4.74 Å². The van der Waals surface area contributed by atoms with Crippen LogP contribution < -0.4 is 4.74 Å². The molecule has 1 aromatic carbocycles. The Morgan fingerprint density at radius 1 is 1.50 bits per heavy atom. The van der Waals surface area contributed by atoms with Gasteiger partial charge in [-0.05, 0) is 19.1 Å². The van der Waals surface area contributed by atoms with Gasteiger partial charge in [-0.3, -0.25) is 0 Å². The van der Waals surface area contributed by atoms with Crippen LogP contribution in [0.5, 0.6) is 11.5 Å². The van der Waals surface area contributed by atoms with E-state index in [1.165, 1.54) is 19.2 Å². The van der Waals surface area contributed by atoms with E-state index >= 15 is 0 Å². The van der Waals surface area contributed by atoms with E-state index in [0.29, 0.717) is 5.75 Å². The average Bonchev–Trinajstić information content (AvgIpc) is 2.16. The third-order valence-electron chi connectivity index (χ3n) is 1.66. The summed E-state index contributed by atoms with van der Waals surface area (Å²) >= 11 is 0.